The maximum absolute atomic E-state index is 12.3. The van der Waals surface area contributed by atoms with Gasteiger partial charge in [-0.25, -0.2) is 8.42 Å². The summed E-state index contributed by atoms with van der Waals surface area (Å²) >= 11 is 0. The van der Waals surface area contributed by atoms with Gasteiger partial charge in [0.25, 0.3) is 10.0 Å². The van der Waals surface area contributed by atoms with Crippen LogP contribution in [0.3, 0.4) is 0 Å². The summed E-state index contributed by atoms with van der Waals surface area (Å²) < 4.78 is 26.9. The monoisotopic (exact) mass is 304 g/mol. The first-order chi connectivity index (χ1) is 9.81. The van der Waals surface area contributed by atoms with Crippen LogP contribution in [0.25, 0.3) is 0 Å². The van der Waals surface area contributed by atoms with Crippen LogP contribution in [0.1, 0.15) is 21.5 Å². The maximum Gasteiger partial charge on any atom is 0.261 e. The van der Waals surface area contributed by atoms with E-state index in [1.165, 1.54) is 24.3 Å². The van der Waals surface area contributed by atoms with Crippen LogP contribution in [0, 0.1) is 13.8 Å². The van der Waals surface area contributed by atoms with Crippen LogP contribution in [0.4, 0.5) is 5.69 Å². The molecule has 2 aromatic carbocycles. The third-order valence-corrected chi connectivity index (χ3v) is 4.54. The first kappa shape index (κ1) is 15.1. The second-order valence-electron chi connectivity index (χ2n) is 4.68. The predicted octanol–water partition coefficient (Wildman–Crippen LogP) is 1.47. The Morgan fingerprint density at radius 1 is 1.05 bits per heavy atom. The lowest BCUT2D eigenvalue weighted by Crippen LogP contribution is -2.24. The van der Waals surface area contributed by atoms with E-state index < -0.39 is 16.0 Å². The largest absolute Gasteiger partial charge is 0.545 e. The molecule has 5 nitrogen and oxygen atoms in total. The van der Waals surface area contributed by atoms with E-state index in [-0.39, 0.29) is 16.1 Å². The Balaban J connectivity index is 2.42. The predicted molar refractivity (Wildman–Crippen MR) is 77.5 cm³/mol. The molecule has 0 fully saturated rings. The van der Waals surface area contributed by atoms with Crippen LogP contribution in [-0.4, -0.2) is 14.4 Å². The summed E-state index contributed by atoms with van der Waals surface area (Å²) in [5.74, 6) is -1.44. The topological polar surface area (TPSA) is 86.3 Å². The number of anilines is 1. The number of carboxylic acid groups (broad SMARTS) is 1. The molecule has 0 unspecified atom stereocenters. The number of carboxylic acids is 1. The Hall–Kier alpha value is -2.34. The molecule has 0 aromatic heterocycles. The van der Waals surface area contributed by atoms with Crippen LogP contribution in [0.5, 0.6) is 0 Å². The fourth-order valence-corrected chi connectivity index (χ4v) is 3.00. The van der Waals surface area contributed by atoms with Crippen molar-refractivity contribution in [2.45, 2.75) is 18.7 Å². The van der Waals surface area contributed by atoms with E-state index in [9.17, 15) is 18.3 Å². The molecular formula is C15H14NO4S-. The summed E-state index contributed by atoms with van der Waals surface area (Å²) in [7, 11) is -3.85. The maximum atomic E-state index is 12.3. The molecule has 1 N–H and O–H groups in total. The van der Waals surface area contributed by atoms with Crippen LogP contribution < -0.4 is 9.83 Å². The molecule has 0 heterocycles. The molecule has 0 bridgehead atoms. The van der Waals surface area contributed by atoms with Gasteiger partial charge in [0, 0.05) is 5.56 Å². The number of carbonyl (C=O) groups is 1. The summed E-state index contributed by atoms with van der Waals surface area (Å²) in [5.41, 5.74) is 1.59. The summed E-state index contributed by atoms with van der Waals surface area (Å²) in [4.78, 5) is 11.1. The van der Waals surface area contributed by atoms with Crippen LogP contribution in [-0.2, 0) is 10.0 Å². The molecule has 6 heteroatoms. The number of rotatable bonds is 4. The number of para-hydroxylation sites is 1. The van der Waals surface area contributed by atoms with E-state index >= 15 is 0 Å². The van der Waals surface area contributed by atoms with Crippen molar-refractivity contribution < 1.29 is 18.3 Å². The van der Waals surface area contributed by atoms with Gasteiger partial charge in [-0.2, -0.15) is 0 Å². The first-order valence-corrected chi connectivity index (χ1v) is 7.70. The summed E-state index contributed by atoms with van der Waals surface area (Å²) in [5, 5.41) is 11.0. The summed E-state index contributed by atoms with van der Waals surface area (Å²) in [6, 6.07) is 10.4. The van der Waals surface area contributed by atoms with Gasteiger partial charge in [-0.1, -0.05) is 24.3 Å². The zero-order valence-corrected chi connectivity index (χ0v) is 12.4. The molecule has 110 valence electrons. The molecule has 0 atom stereocenters. The molecule has 2 aromatic rings. The molecule has 0 amide bonds. The second-order valence-corrected chi connectivity index (χ2v) is 6.37. The minimum atomic E-state index is -3.85. The first-order valence-electron chi connectivity index (χ1n) is 6.22. The molecular weight excluding hydrogens is 290 g/mol. The molecule has 21 heavy (non-hydrogen) atoms. The van der Waals surface area contributed by atoms with Crippen molar-refractivity contribution in [1.82, 2.24) is 0 Å². The third kappa shape index (κ3) is 3.22. The molecule has 0 aliphatic carbocycles. The third-order valence-electron chi connectivity index (χ3n) is 3.18. The number of nitrogens with one attached hydrogen (secondary N) is 1. The fraction of sp³-hybridized carbons (Fsp3) is 0.133. The zero-order valence-electron chi connectivity index (χ0n) is 11.6. The standard InChI is InChI=1S/C15H15NO4S/c1-10-7-8-12(9-11(10)2)21(19,20)16-14-6-4-3-5-13(14)15(17)18/h3-9,16H,1-2H3,(H,17,18)/p-1. The molecule has 0 radical (unpaired) electrons. The van der Waals surface area contributed by atoms with E-state index in [4.69, 9.17) is 0 Å². The minimum Gasteiger partial charge on any atom is -0.545 e. The molecule has 0 spiro atoms. The lowest BCUT2D eigenvalue weighted by Gasteiger charge is -2.13. The number of aromatic carboxylic acids is 1. The number of hydrogen-bond acceptors (Lipinski definition) is 4. The Morgan fingerprint density at radius 3 is 2.33 bits per heavy atom. The Kier molecular flexibility index (Phi) is 3.99. The Morgan fingerprint density at radius 2 is 1.71 bits per heavy atom. The van der Waals surface area contributed by atoms with Gasteiger partial charge in [0.1, 0.15) is 0 Å². The van der Waals surface area contributed by atoms with Crippen molar-refractivity contribution in [1.29, 1.82) is 0 Å². The van der Waals surface area contributed by atoms with Gasteiger partial charge in [0.15, 0.2) is 0 Å². The lowest BCUT2D eigenvalue weighted by atomic mass is 10.1. The van der Waals surface area contributed by atoms with E-state index in [1.54, 1.807) is 18.2 Å². The number of benzene rings is 2. The number of carbonyl (C=O) groups excluding carboxylic acids is 1. The second kappa shape index (κ2) is 5.57. The zero-order chi connectivity index (χ0) is 15.6. The Labute approximate surface area is 123 Å². The molecule has 2 rings (SSSR count). The average Bonchev–Trinajstić information content (AvgIpc) is 2.41. The summed E-state index contributed by atoms with van der Waals surface area (Å²) in [6.45, 7) is 3.69. The number of hydrogen-bond donors (Lipinski definition) is 1. The van der Waals surface area contributed by atoms with Gasteiger partial charge in [-0.15, -0.1) is 0 Å². The van der Waals surface area contributed by atoms with Gasteiger partial charge in [-0.3, -0.25) is 4.72 Å². The molecule has 0 aliphatic heterocycles. The van der Waals surface area contributed by atoms with Crippen molar-refractivity contribution in [3.63, 3.8) is 0 Å². The highest BCUT2D eigenvalue weighted by atomic mass is 32.2. The normalized spacial score (nSPS) is 11.1. The lowest BCUT2D eigenvalue weighted by molar-refractivity contribution is -0.254. The van der Waals surface area contributed by atoms with Gasteiger partial charge < -0.3 is 9.90 Å². The van der Waals surface area contributed by atoms with Crippen LogP contribution in [0.2, 0.25) is 0 Å². The number of aryl methyl sites for hydroxylation is 2. The van der Waals surface area contributed by atoms with Crippen molar-refractivity contribution >= 4 is 21.7 Å². The SMILES string of the molecule is Cc1ccc(S(=O)(=O)Nc2ccccc2C(=O)[O-])cc1C. The van der Waals surface area contributed by atoms with Gasteiger partial charge >= 0.3 is 0 Å². The van der Waals surface area contributed by atoms with Crippen molar-refractivity contribution in [2.24, 2.45) is 0 Å². The highest BCUT2D eigenvalue weighted by Gasteiger charge is 2.16. The molecule has 0 aliphatic rings. The fourth-order valence-electron chi connectivity index (χ4n) is 1.83. The highest BCUT2D eigenvalue weighted by molar-refractivity contribution is 7.92. The smallest absolute Gasteiger partial charge is 0.261 e. The summed E-state index contributed by atoms with van der Waals surface area (Å²) in [6.07, 6.45) is 0. The van der Waals surface area contributed by atoms with E-state index in [0.29, 0.717) is 0 Å². The van der Waals surface area contributed by atoms with E-state index in [2.05, 4.69) is 4.72 Å². The van der Waals surface area contributed by atoms with Gasteiger partial charge in [0.05, 0.1) is 16.6 Å². The van der Waals surface area contributed by atoms with Crippen LogP contribution in [0.15, 0.2) is 47.4 Å². The Bertz CT molecular complexity index is 797. The van der Waals surface area contributed by atoms with E-state index in [1.807, 2.05) is 13.8 Å². The van der Waals surface area contributed by atoms with Crippen molar-refractivity contribution in [3.8, 4) is 0 Å². The highest BCUT2D eigenvalue weighted by Crippen LogP contribution is 2.21. The quantitative estimate of drug-likeness (QED) is 0.926. The minimum absolute atomic E-state index is 0.0178. The van der Waals surface area contributed by atoms with Crippen molar-refractivity contribution in [2.75, 3.05) is 4.72 Å². The van der Waals surface area contributed by atoms with Gasteiger partial charge in [-0.05, 0) is 43.2 Å². The van der Waals surface area contributed by atoms with Crippen molar-refractivity contribution in [3.05, 3.63) is 59.2 Å². The van der Waals surface area contributed by atoms with Crippen LogP contribution >= 0.6 is 0 Å². The average molecular weight is 304 g/mol. The number of sulfonamides is 1. The molecule has 0 saturated carbocycles. The van der Waals surface area contributed by atoms with E-state index in [0.717, 1.165) is 11.1 Å². The molecule has 0 saturated heterocycles. The van der Waals surface area contributed by atoms with Gasteiger partial charge in [0.2, 0.25) is 0 Å².